The Hall–Kier alpha value is -0.610. The lowest BCUT2D eigenvalue weighted by atomic mass is 10.0. The maximum Gasteiger partial charge on any atom is 0.222 e. The van der Waals surface area contributed by atoms with Crippen LogP contribution in [-0.2, 0) is 4.79 Å². The highest BCUT2D eigenvalue weighted by atomic mass is 16.3. The van der Waals surface area contributed by atoms with Gasteiger partial charge in [0.05, 0.1) is 12.5 Å². The summed E-state index contributed by atoms with van der Waals surface area (Å²) in [6.45, 7) is 3.44. The predicted octanol–water partition coefficient (Wildman–Crippen LogP) is 3.12. The van der Waals surface area contributed by atoms with Crippen LogP contribution in [0.2, 0.25) is 0 Å². The highest BCUT2D eigenvalue weighted by Crippen LogP contribution is 2.12. The third-order valence-corrected chi connectivity index (χ3v) is 3.76. The first kappa shape index (κ1) is 20.4. The third-order valence-electron chi connectivity index (χ3n) is 3.76. The van der Waals surface area contributed by atoms with E-state index in [0.717, 1.165) is 19.3 Å². The summed E-state index contributed by atoms with van der Waals surface area (Å²) < 4.78 is 0. The molecule has 0 fully saturated rings. The fraction of sp³-hybridized carbons (Fsp3) is 0.941. The minimum absolute atomic E-state index is 0.0631. The minimum atomic E-state index is -0.493. The average molecular weight is 300 g/mol. The van der Waals surface area contributed by atoms with Crippen LogP contribution in [0, 0.1) is 0 Å². The fourth-order valence-electron chi connectivity index (χ4n) is 2.41. The number of aliphatic hydroxyl groups excluding tert-OH is 1. The van der Waals surface area contributed by atoms with Gasteiger partial charge in [-0.2, -0.15) is 0 Å². The van der Waals surface area contributed by atoms with Gasteiger partial charge in [-0.25, -0.2) is 0 Å². The normalized spacial score (nSPS) is 12.3. The summed E-state index contributed by atoms with van der Waals surface area (Å²) in [5, 5.41) is 12.6. The van der Waals surface area contributed by atoms with Crippen LogP contribution in [-0.4, -0.2) is 30.2 Å². The summed E-state index contributed by atoms with van der Waals surface area (Å²) in [5.74, 6) is -0.0631. The number of rotatable bonds is 15. The number of carbonyl (C=O) groups is 1. The second-order valence-corrected chi connectivity index (χ2v) is 5.97. The van der Waals surface area contributed by atoms with E-state index in [1.807, 2.05) is 0 Å². The first-order valence-electron chi connectivity index (χ1n) is 8.85. The Balaban J connectivity index is 3.29. The van der Waals surface area contributed by atoms with Gasteiger partial charge in [0.2, 0.25) is 5.91 Å². The number of aliphatic hydroxyl groups is 1. The van der Waals surface area contributed by atoms with Gasteiger partial charge in [-0.05, 0) is 19.4 Å². The molecule has 4 nitrogen and oxygen atoms in total. The van der Waals surface area contributed by atoms with Crippen LogP contribution in [0.15, 0.2) is 0 Å². The SMILES string of the molecule is CCCCCCCCCCCC(O)CC(=O)NCCCN. The zero-order chi connectivity index (χ0) is 15.8. The Morgan fingerprint density at radius 1 is 1.00 bits per heavy atom. The first-order valence-corrected chi connectivity index (χ1v) is 8.85. The van der Waals surface area contributed by atoms with Crippen molar-refractivity contribution >= 4 is 5.91 Å². The van der Waals surface area contributed by atoms with E-state index in [0.29, 0.717) is 13.1 Å². The van der Waals surface area contributed by atoms with Gasteiger partial charge >= 0.3 is 0 Å². The number of unbranched alkanes of at least 4 members (excludes halogenated alkanes) is 8. The molecule has 0 aliphatic heterocycles. The third kappa shape index (κ3) is 15.6. The molecule has 0 spiro atoms. The molecule has 0 bridgehead atoms. The lowest BCUT2D eigenvalue weighted by molar-refractivity contribution is -0.123. The number of amides is 1. The largest absolute Gasteiger partial charge is 0.393 e. The highest BCUT2D eigenvalue weighted by Gasteiger charge is 2.09. The van der Waals surface area contributed by atoms with Crippen LogP contribution >= 0.6 is 0 Å². The van der Waals surface area contributed by atoms with Gasteiger partial charge in [0.25, 0.3) is 0 Å². The van der Waals surface area contributed by atoms with Crippen LogP contribution in [0.1, 0.15) is 84.0 Å². The molecule has 0 aliphatic carbocycles. The molecule has 0 heterocycles. The minimum Gasteiger partial charge on any atom is -0.393 e. The maximum absolute atomic E-state index is 11.5. The van der Waals surface area contributed by atoms with E-state index in [4.69, 9.17) is 5.73 Å². The van der Waals surface area contributed by atoms with E-state index in [9.17, 15) is 9.90 Å². The van der Waals surface area contributed by atoms with E-state index in [1.165, 1.54) is 51.4 Å². The second kappa shape index (κ2) is 15.8. The van der Waals surface area contributed by atoms with E-state index in [1.54, 1.807) is 0 Å². The summed E-state index contributed by atoms with van der Waals surface area (Å²) in [6, 6.07) is 0. The van der Waals surface area contributed by atoms with Crippen molar-refractivity contribution in [2.45, 2.75) is 90.1 Å². The standard InChI is InChI=1S/C17H36N2O2/c1-2-3-4-5-6-7-8-9-10-12-16(20)15-17(21)19-14-11-13-18/h16,20H,2-15,18H2,1H3,(H,19,21). The van der Waals surface area contributed by atoms with E-state index in [-0.39, 0.29) is 12.3 Å². The Kier molecular flexibility index (Phi) is 15.3. The van der Waals surface area contributed by atoms with Gasteiger partial charge in [0.1, 0.15) is 0 Å². The van der Waals surface area contributed by atoms with Crippen molar-refractivity contribution in [1.29, 1.82) is 0 Å². The van der Waals surface area contributed by atoms with E-state index < -0.39 is 6.10 Å². The van der Waals surface area contributed by atoms with Gasteiger partial charge in [-0.1, -0.05) is 64.7 Å². The van der Waals surface area contributed by atoms with Crippen molar-refractivity contribution in [2.24, 2.45) is 5.73 Å². The van der Waals surface area contributed by atoms with Crippen molar-refractivity contribution in [2.75, 3.05) is 13.1 Å². The Morgan fingerprint density at radius 2 is 1.57 bits per heavy atom. The molecule has 126 valence electrons. The van der Waals surface area contributed by atoms with Gasteiger partial charge in [-0.15, -0.1) is 0 Å². The lowest BCUT2D eigenvalue weighted by Crippen LogP contribution is -2.29. The van der Waals surface area contributed by atoms with Crippen LogP contribution in [0.5, 0.6) is 0 Å². The summed E-state index contributed by atoms with van der Waals surface area (Å²) in [6.07, 6.45) is 12.7. The molecule has 0 aromatic carbocycles. The van der Waals surface area contributed by atoms with Gasteiger partial charge < -0.3 is 16.2 Å². The van der Waals surface area contributed by atoms with E-state index >= 15 is 0 Å². The summed E-state index contributed by atoms with van der Waals surface area (Å²) in [5.41, 5.74) is 5.35. The van der Waals surface area contributed by atoms with Crippen molar-refractivity contribution in [1.82, 2.24) is 5.32 Å². The van der Waals surface area contributed by atoms with Gasteiger partial charge in [0.15, 0.2) is 0 Å². The molecule has 1 atom stereocenters. The summed E-state index contributed by atoms with van der Waals surface area (Å²) >= 11 is 0. The molecule has 0 radical (unpaired) electrons. The topological polar surface area (TPSA) is 75.3 Å². The lowest BCUT2D eigenvalue weighted by Gasteiger charge is -2.10. The number of nitrogens with one attached hydrogen (secondary N) is 1. The first-order chi connectivity index (χ1) is 10.2. The van der Waals surface area contributed by atoms with Gasteiger partial charge in [0, 0.05) is 6.54 Å². The van der Waals surface area contributed by atoms with Crippen LogP contribution in [0.3, 0.4) is 0 Å². The van der Waals surface area contributed by atoms with Crippen molar-refractivity contribution in [3.05, 3.63) is 0 Å². The Bertz CT molecular complexity index is 235. The molecule has 21 heavy (non-hydrogen) atoms. The molecular weight excluding hydrogens is 264 g/mol. The Labute approximate surface area is 130 Å². The molecule has 1 unspecified atom stereocenters. The molecule has 0 saturated heterocycles. The molecular formula is C17H36N2O2. The van der Waals surface area contributed by atoms with Crippen molar-refractivity contribution in [3.8, 4) is 0 Å². The summed E-state index contributed by atoms with van der Waals surface area (Å²) in [7, 11) is 0. The number of carbonyl (C=O) groups excluding carboxylic acids is 1. The maximum atomic E-state index is 11.5. The molecule has 0 aliphatic rings. The molecule has 4 N–H and O–H groups in total. The zero-order valence-corrected chi connectivity index (χ0v) is 13.9. The van der Waals surface area contributed by atoms with Crippen molar-refractivity contribution in [3.63, 3.8) is 0 Å². The van der Waals surface area contributed by atoms with Gasteiger partial charge in [-0.3, -0.25) is 4.79 Å². The molecule has 0 aromatic rings. The number of hydrogen-bond donors (Lipinski definition) is 3. The highest BCUT2D eigenvalue weighted by molar-refractivity contribution is 5.76. The van der Waals surface area contributed by atoms with Crippen LogP contribution < -0.4 is 11.1 Å². The molecule has 4 heteroatoms. The molecule has 0 saturated carbocycles. The zero-order valence-electron chi connectivity index (χ0n) is 13.9. The molecule has 0 rings (SSSR count). The van der Waals surface area contributed by atoms with E-state index in [2.05, 4.69) is 12.2 Å². The number of hydrogen-bond acceptors (Lipinski definition) is 3. The van der Waals surface area contributed by atoms with Crippen LogP contribution in [0.25, 0.3) is 0 Å². The second-order valence-electron chi connectivity index (χ2n) is 5.97. The summed E-state index contributed by atoms with van der Waals surface area (Å²) in [4.78, 5) is 11.5. The Morgan fingerprint density at radius 3 is 2.14 bits per heavy atom. The average Bonchev–Trinajstić information content (AvgIpc) is 2.45. The van der Waals surface area contributed by atoms with Crippen LogP contribution in [0.4, 0.5) is 0 Å². The quantitative estimate of drug-likeness (QED) is 0.407. The smallest absolute Gasteiger partial charge is 0.222 e. The molecule has 1 amide bonds. The monoisotopic (exact) mass is 300 g/mol. The predicted molar refractivity (Wildman–Crippen MR) is 89.1 cm³/mol. The number of nitrogens with two attached hydrogens (primary N) is 1. The van der Waals surface area contributed by atoms with Crippen molar-refractivity contribution < 1.29 is 9.90 Å². The molecule has 0 aromatic heterocycles. The fourth-order valence-corrected chi connectivity index (χ4v) is 2.41.